The van der Waals surface area contributed by atoms with Crippen LogP contribution in [0.3, 0.4) is 0 Å². The molecule has 130 valence electrons. The fourth-order valence-electron chi connectivity index (χ4n) is 2.31. The molecule has 5 nitrogen and oxygen atoms in total. The summed E-state index contributed by atoms with van der Waals surface area (Å²) in [5.74, 6) is -0.641. The zero-order valence-electron chi connectivity index (χ0n) is 14.0. The maximum atomic E-state index is 12.3. The Morgan fingerprint density at radius 3 is 2.80 bits per heavy atom. The molecule has 0 spiro atoms. The largest absolute Gasteiger partial charge is 0.455 e. The molecule has 25 heavy (non-hydrogen) atoms. The van der Waals surface area contributed by atoms with E-state index in [1.54, 1.807) is 23.3 Å². The molecule has 0 saturated heterocycles. The Morgan fingerprint density at radius 2 is 2.08 bits per heavy atom. The number of amides is 1. The van der Waals surface area contributed by atoms with Crippen molar-refractivity contribution in [2.45, 2.75) is 19.4 Å². The smallest absolute Gasteiger partial charge is 0.310 e. The summed E-state index contributed by atoms with van der Waals surface area (Å²) in [6, 6.07) is 9.57. The Kier molecular flexibility index (Phi) is 5.45. The van der Waals surface area contributed by atoms with Gasteiger partial charge in [-0.1, -0.05) is 12.1 Å². The first-order valence-electron chi connectivity index (χ1n) is 7.82. The number of aromatic nitrogens is 1. The Balaban J connectivity index is 1.56. The number of hydrogen-bond acceptors (Lipinski definition) is 6. The predicted octanol–water partition coefficient (Wildman–Crippen LogP) is 3.66. The maximum Gasteiger partial charge on any atom is 0.310 e. The van der Waals surface area contributed by atoms with Gasteiger partial charge in [0.25, 0.3) is 5.91 Å². The number of thiophene rings is 1. The van der Waals surface area contributed by atoms with Gasteiger partial charge in [0.05, 0.1) is 22.7 Å². The highest BCUT2D eigenvalue weighted by Crippen LogP contribution is 2.28. The van der Waals surface area contributed by atoms with E-state index in [9.17, 15) is 9.59 Å². The summed E-state index contributed by atoms with van der Waals surface area (Å²) in [6.45, 7) is 1.66. The molecule has 0 N–H and O–H groups in total. The standard InChI is InChI=1S/C18H18N2O3S2/c1-12(18-19-14-5-3-4-6-15(14)25-18)20(2)16(21)10-23-17(22)9-13-7-8-24-11-13/h3-8,11-12H,9-10H2,1-2H3/t12-/m1/s1. The van der Waals surface area contributed by atoms with Crippen LogP contribution < -0.4 is 0 Å². The first-order chi connectivity index (χ1) is 12.0. The van der Waals surface area contributed by atoms with E-state index in [0.29, 0.717) is 0 Å². The van der Waals surface area contributed by atoms with Crippen LogP contribution in [0.4, 0.5) is 0 Å². The summed E-state index contributed by atoms with van der Waals surface area (Å²) in [4.78, 5) is 30.2. The lowest BCUT2D eigenvalue weighted by Gasteiger charge is -2.23. The normalized spacial score (nSPS) is 12.1. The molecule has 0 saturated carbocycles. The lowest BCUT2D eigenvalue weighted by atomic mass is 10.2. The minimum absolute atomic E-state index is 0.180. The van der Waals surface area contributed by atoms with Crippen LogP contribution in [0.15, 0.2) is 41.1 Å². The number of carbonyl (C=O) groups excluding carboxylic acids is 2. The first kappa shape index (κ1) is 17.6. The molecule has 0 radical (unpaired) electrons. The molecular weight excluding hydrogens is 356 g/mol. The highest BCUT2D eigenvalue weighted by molar-refractivity contribution is 7.18. The van der Waals surface area contributed by atoms with Crippen molar-refractivity contribution in [3.63, 3.8) is 0 Å². The van der Waals surface area contributed by atoms with Crippen LogP contribution in [-0.4, -0.2) is 35.4 Å². The Bertz CT molecular complexity index is 840. The van der Waals surface area contributed by atoms with E-state index >= 15 is 0 Å². The van der Waals surface area contributed by atoms with Crippen molar-refractivity contribution in [3.05, 3.63) is 51.7 Å². The number of esters is 1. The molecule has 0 fully saturated rings. The summed E-state index contributed by atoms with van der Waals surface area (Å²) in [7, 11) is 1.70. The van der Waals surface area contributed by atoms with Crippen molar-refractivity contribution in [2.75, 3.05) is 13.7 Å². The van der Waals surface area contributed by atoms with E-state index in [2.05, 4.69) is 4.98 Å². The van der Waals surface area contributed by atoms with Gasteiger partial charge < -0.3 is 9.64 Å². The molecule has 0 unspecified atom stereocenters. The Hall–Kier alpha value is -2.25. The van der Waals surface area contributed by atoms with Gasteiger partial charge in [0.1, 0.15) is 5.01 Å². The minimum atomic E-state index is -0.396. The fraction of sp³-hybridized carbons (Fsp3) is 0.278. The van der Waals surface area contributed by atoms with Gasteiger partial charge in [-0.15, -0.1) is 11.3 Å². The molecular formula is C18H18N2O3S2. The molecule has 3 rings (SSSR count). The third kappa shape index (κ3) is 4.24. The van der Waals surface area contributed by atoms with E-state index in [-0.39, 0.29) is 25.0 Å². The number of para-hydroxylation sites is 1. The van der Waals surface area contributed by atoms with Crippen molar-refractivity contribution in [1.29, 1.82) is 0 Å². The number of thiazole rings is 1. The second kappa shape index (κ2) is 7.76. The SMILES string of the molecule is C[C@H](c1nc2ccccc2s1)N(C)C(=O)COC(=O)Cc1ccsc1. The van der Waals surface area contributed by atoms with Gasteiger partial charge in [-0.2, -0.15) is 11.3 Å². The van der Waals surface area contributed by atoms with Gasteiger partial charge in [0.2, 0.25) is 0 Å². The third-order valence-electron chi connectivity index (χ3n) is 3.93. The monoisotopic (exact) mass is 374 g/mol. The van der Waals surface area contributed by atoms with Gasteiger partial charge in [-0.25, -0.2) is 4.98 Å². The third-order valence-corrected chi connectivity index (χ3v) is 5.87. The Morgan fingerprint density at radius 1 is 1.28 bits per heavy atom. The van der Waals surface area contributed by atoms with Crippen molar-refractivity contribution in [2.24, 2.45) is 0 Å². The lowest BCUT2D eigenvalue weighted by Crippen LogP contribution is -2.33. The molecule has 0 bridgehead atoms. The van der Waals surface area contributed by atoms with E-state index in [1.807, 2.05) is 48.0 Å². The number of rotatable bonds is 6. The van der Waals surface area contributed by atoms with Crippen LogP contribution in [0.5, 0.6) is 0 Å². The molecule has 0 aliphatic carbocycles. The van der Waals surface area contributed by atoms with Gasteiger partial charge in [-0.05, 0) is 41.4 Å². The van der Waals surface area contributed by atoms with Crippen LogP contribution in [0, 0.1) is 0 Å². The summed E-state index contributed by atoms with van der Waals surface area (Å²) in [5.41, 5.74) is 1.83. The number of benzene rings is 1. The van der Waals surface area contributed by atoms with E-state index < -0.39 is 5.97 Å². The van der Waals surface area contributed by atoms with Gasteiger partial charge >= 0.3 is 5.97 Å². The van der Waals surface area contributed by atoms with Crippen molar-refractivity contribution in [3.8, 4) is 0 Å². The molecule has 1 aromatic carbocycles. The average Bonchev–Trinajstić information content (AvgIpc) is 3.27. The molecule has 3 aromatic rings. The van der Waals surface area contributed by atoms with E-state index in [4.69, 9.17) is 4.74 Å². The summed E-state index contributed by atoms with van der Waals surface area (Å²) >= 11 is 3.09. The molecule has 1 atom stereocenters. The van der Waals surface area contributed by atoms with Crippen LogP contribution in [0.2, 0.25) is 0 Å². The Labute approximate surface area is 153 Å². The maximum absolute atomic E-state index is 12.3. The van der Waals surface area contributed by atoms with Crippen molar-refractivity contribution >= 4 is 44.8 Å². The van der Waals surface area contributed by atoms with E-state index in [0.717, 1.165) is 20.8 Å². The van der Waals surface area contributed by atoms with Crippen LogP contribution in [0.1, 0.15) is 23.5 Å². The van der Waals surface area contributed by atoms with Crippen LogP contribution in [-0.2, 0) is 20.7 Å². The van der Waals surface area contributed by atoms with Crippen molar-refractivity contribution < 1.29 is 14.3 Å². The molecule has 7 heteroatoms. The van der Waals surface area contributed by atoms with Crippen LogP contribution in [0.25, 0.3) is 10.2 Å². The predicted molar refractivity (Wildman–Crippen MR) is 99.8 cm³/mol. The average molecular weight is 374 g/mol. The van der Waals surface area contributed by atoms with Gasteiger partial charge in [0, 0.05) is 7.05 Å². The second-order valence-corrected chi connectivity index (χ2v) is 7.51. The molecule has 2 aromatic heterocycles. The number of fused-ring (bicyclic) bond motifs is 1. The summed E-state index contributed by atoms with van der Waals surface area (Å²) in [6.07, 6.45) is 0.188. The van der Waals surface area contributed by atoms with Gasteiger partial charge in [-0.3, -0.25) is 9.59 Å². The number of carbonyl (C=O) groups is 2. The topological polar surface area (TPSA) is 59.5 Å². The summed E-state index contributed by atoms with van der Waals surface area (Å²) in [5, 5.41) is 4.66. The summed E-state index contributed by atoms with van der Waals surface area (Å²) < 4.78 is 6.19. The minimum Gasteiger partial charge on any atom is -0.455 e. The highest BCUT2D eigenvalue weighted by atomic mass is 32.1. The first-order valence-corrected chi connectivity index (χ1v) is 9.58. The zero-order valence-corrected chi connectivity index (χ0v) is 15.6. The van der Waals surface area contributed by atoms with Crippen molar-refractivity contribution in [1.82, 2.24) is 9.88 Å². The highest BCUT2D eigenvalue weighted by Gasteiger charge is 2.21. The quantitative estimate of drug-likeness (QED) is 0.618. The number of nitrogens with zero attached hydrogens (tertiary/aromatic N) is 2. The fourth-order valence-corrected chi connectivity index (χ4v) is 4.04. The molecule has 1 amide bonds. The second-order valence-electron chi connectivity index (χ2n) is 5.67. The molecule has 0 aliphatic heterocycles. The van der Waals surface area contributed by atoms with Crippen LogP contribution >= 0.6 is 22.7 Å². The lowest BCUT2D eigenvalue weighted by molar-refractivity contribution is -0.151. The zero-order chi connectivity index (χ0) is 17.8. The number of ether oxygens (including phenoxy) is 1. The number of likely N-dealkylation sites (N-methyl/N-ethyl adjacent to an activating group) is 1. The van der Waals surface area contributed by atoms with Gasteiger partial charge in [0.15, 0.2) is 6.61 Å². The molecule has 2 heterocycles. The molecule has 0 aliphatic rings. The van der Waals surface area contributed by atoms with E-state index in [1.165, 1.54) is 11.3 Å². The number of hydrogen-bond donors (Lipinski definition) is 0.